The van der Waals surface area contributed by atoms with Crippen LogP contribution < -0.4 is 5.73 Å². The third kappa shape index (κ3) is 3.12. The average Bonchev–Trinajstić information content (AvgIpc) is 2.76. The minimum Gasteiger partial charge on any atom is -0.507 e. The molecule has 3 aliphatic carbocycles. The van der Waals surface area contributed by atoms with Gasteiger partial charge in [0.25, 0.3) is 0 Å². The number of benzene rings is 1. The van der Waals surface area contributed by atoms with Gasteiger partial charge in [0.05, 0.1) is 11.5 Å². The Morgan fingerprint density at radius 1 is 1.18 bits per heavy atom. The van der Waals surface area contributed by atoms with Crippen molar-refractivity contribution in [3.63, 3.8) is 0 Å². The molecule has 0 aromatic heterocycles. The molecule has 10 heteroatoms. The Bertz CT molecular complexity index is 1140. The van der Waals surface area contributed by atoms with Crippen molar-refractivity contribution >= 4 is 35.0 Å². The van der Waals surface area contributed by atoms with Crippen molar-refractivity contribution in [3.05, 3.63) is 29.3 Å². The number of hydrogen-bond acceptors (Lipinski definition) is 9. The van der Waals surface area contributed by atoms with Crippen LogP contribution in [0.25, 0.3) is 0 Å². The van der Waals surface area contributed by atoms with E-state index in [9.17, 15) is 39.0 Å². The quantitative estimate of drug-likeness (QED) is 0.409. The number of phenolic OH excluding ortho intramolecular Hbond substituents is 1. The second-order valence-corrected chi connectivity index (χ2v) is 9.26. The molecule has 4 N–H and O–H groups in total. The number of fused-ring (bicyclic) bond motifs is 3. The Labute approximate surface area is 194 Å². The third-order valence-electron chi connectivity index (χ3n) is 7.41. The second-order valence-electron chi connectivity index (χ2n) is 9.26. The highest BCUT2D eigenvalue weighted by Gasteiger charge is 2.71. The lowest BCUT2D eigenvalue weighted by atomic mass is 9.50. The van der Waals surface area contributed by atoms with E-state index in [1.165, 1.54) is 12.1 Å². The number of Topliss-reactive ketones (excluding diaryl/α,β-unsaturated/α-hetero) is 4. The van der Waals surface area contributed by atoms with Crippen LogP contribution in [0, 0.1) is 23.7 Å². The van der Waals surface area contributed by atoms with Gasteiger partial charge in [-0.05, 0) is 24.0 Å². The van der Waals surface area contributed by atoms with Gasteiger partial charge in [-0.15, -0.1) is 0 Å². The molecular weight excluding hydrogens is 446 g/mol. The fourth-order valence-corrected chi connectivity index (χ4v) is 5.86. The molecule has 10 nitrogen and oxygen atoms in total. The van der Waals surface area contributed by atoms with Crippen molar-refractivity contribution in [1.82, 2.24) is 0 Å². The van der Waals surface area contributed by atoms with Crippen LogP contribution in [0.3, 0.4) is 0 Å². The molecule has 34 heavy (non-hydrogen) atoms. The predicted molar refractivity (Wildman–Crippen MR) is 113 cm³/mol. The fraction of sp³-hybridized carbons (Fsp3) is 0.500. The van der Waals surface area contributed by atoms with Crippen molar-refractivity contribution in [2.75, 3.05) is 0 Å². The van der Waals surface area contributed by atoms with Crippen molar-refractivity contribution < 1.29 is 43.7 Å². The number of amides is 1. The minimum absolute atomic E-state index is 0.00150. The zero-order chi connectivity index (χ0) is 25.1. The first-order chi connectivity index (χ1) is 16.0. The maximum Gasteiger partial charge on any atom is 0.306 e. The van der Waals surface area contributed by atoms with Crippen LogP contribution in [-0.2, 0) is 28.7 Å². The molecule has 1 aromatic rings. The molecule has 1 amide bonds. The average molecular weight is 471 g/mol. The monoisotopic (exact) mass is 471 g/mol. The predicted octanol–water partition coefficient (Wildman–Crippen LogP) is 0.210. The third-order valence-corrected chi connectivity index (χ3v) is 7.41. The molecule has 0 bridgehead atoms. The summed E-state index contributed by atoms with van der Waals surface area (Å²) in [6, 6.07) is 4.41. The molecule has 1 aromatic carbocycles. The van der Waals surface area contributed by atoms with Gasteiger partial charge in [-0.3, -0.25) is 28.8 Å². The zero-order valence-corrected chi connectivity index (χ0v) is 18.6. The summed E-state index contributed by atoms with van der Waals surface area (Å²) < 4.78 is 5.65. The molecule has 3 aliphatic rings. The minimum atomic E-state index is -2.93. The SMILES string of the molecule is CCCC(=O)O[C@H]1[C@H]2C(C(=O)c3c(O)cccc3[C@@H]2C)C(=O)[C@]2(O)C(=O)C(C(N)=O)C(=O)C[C@H]12. The summed E-state index contributed by atoms with van der Waals surface area (Å²) >= 11 is 0. The van der Waals surface area contributed by atoms with Gasteiger partial charge in [-0.1, -0.05) is 26.0 Å². The second kappa shape index (κ2) is 8.12. The number of ether oxygens (including phenoxy) is 1. The van der Waals surface area contributed by atoms with Gasteiger partial charge in [-0.25, -0.2) is 0 Å². The number of esters is 1. The van der Waals surface area contributed by atoms with E-state index < -0.39 is 82.7 Å². The maximum absolute atomic E-state index is 13.7. The number of nitrogens with two attached hydrogens (primary N) is 1. The first-order valence-corrected chi connectivity index (χ1v) is 11.1. The van der Waals surface area contributed by atoms with Gasteiger partial charge in [0.2, 0.25) is 5.91 Å². The zero-order valence-electron chi connectivity index (χ0n) is 18.6. The largest absolute Gasteiger partial charge is 0.507 e. The van der Waals surface area contributed by atoms with Crippen LogP contribution in [0.4, 0.5) is 0 Å². The highest BCUT2D eigenvalue weighted by molar-refractivity contribution is 6.31. The van der Waals surface area contributed by atoms with Gasteiger partial charge < -0.3 is 20.7 Å². The summed E-state index contributed by atoms with van der Waals surface area (Å²) in [6.07, 6.45) is -1.52. The van der Waals surface area contributed by atoms with E-state index in [1.54, 1.807) is 19.9 Å². The van der Waals surface area contributed by atoms with Gasteiger partial charge >= 0.3 is 5.97 Å². The van der Waals surface area contributed by atoms with Crippen LogP contribution in [0.15, 0.2) is 18.2 Å². The lowest BCUT2D eigenvalue weighted by Gasteiger charge is -2.53. The summed E-state index contributed by atoms with van der Waals surface area (Å²) in [6.45, 7) is 3.42. The Morgan fingerprint density at radius 3 is 2.47 bits per heavy atom. The van der Waals surface area contributed by atoms with Crippen LogP contribution in [0.1, 0.15) is 54.9 Å². The van der Waals surface area contributed by atoms with E-state index in [0.717, 1.165) is 0 Å². The van der Waals surface area contributed by atoms with Crippen LogP contribution in [0.5, 0.6) is 5.75 Å². The molecule has 2 fully saturated rings. The highest BCUT2D eigenvalue weighted by atomic mass is 16.5. The molecule has 2 unspecified atom stereocenters. The van der Waals surface area contributed by atoms with E-state index in [4.69, 9.17) is 10.5 Å². The molecule has 2 saturated carbocycles. The number of aromatic hydroxyl groups is 1. The fourth-order valence-electron chi connectivity index (χ4n) is 5.86. The van der Waals surface area contributed by atoms with Crippen molar-refractivity contribution in [1.29, 1.82) is 0 Å². The Balaban J connectivity index is 1.93. The number of ketones is 4. The number of carbonyl (C=O) groups excluding carboxylic acids is 6. The summed E-state index contributed by atoms with van der Waals surface area (Å²) in [5, 5.41) is 21.8. The topological polar surface area (TPSA) is 178 Å². The Hall–Kier alpha value is -3.40. The van der Waals surface area contributed by atoms with E-state index in [2.05, 4.69) is 0 Å². The van der Waals surface area contributed by atoms with Crippen LogP contribution >= 0.6 is 0 Å². The lowest BCUT2D eigenvalue weighted by molar-refractivity contribution is -0.198. The van der Waals surface area contributed by atoms with Gasteiger partial charge in [0.1, 0.15) is 11.9 Å². The lowest BCUT2D eigenvalue weighted by Crippen LogP contribution is -2.73. The highest BCUT2D eigenvalue weighted by Crippen LogP contribution is 2.54. The number of aliphatic hydroxyl groups is 1. The number of rotatable bonds is 4. The molecule has 7 atom stereocenters. The van der Waals surface area contributed by atoms with E-state index in [1.807, 2.05) is 0 Å². The smallest absolute Gasteiger partial charge is 0.306 e. The van der Waals surface area contributed by atoms with Gasteiger partial charge in [-0.2, -0.15) is 0 Å². The number of hydrogen-bond donors (Lipinski definition) is 3. The number of primary amides is 1. The summed E-state index contributed by atoms with van der Waals surface area (Å²) in [5.74, 6) is -13.4. The van der Waals surface area contributed by atoms with Gasteiger partial charge in [0, 0.05) is 24.7 Å². The molecule has 0 spiro atoms. The van der Waals surface area contributed by atoms with Gasteiger partial charge in [0.15, 0.2) is 34.7 Å². The van der Waals surface area contributed by atoms with Crippen molar-refractivity contribution in [3.8, 4) is 5.75 Å². The first-order valence-electron chi connectivity index (χ1n) is 11.1. The number of carbonyl (C=O) groups is 6. The standard InChI is InChI=1S/C24H25NO9/c1-3-5-14(28)34-20-11-8-13(27)17(23(25)32)21(30)24(11,33)22(31)18-15(20)9(2)10-6-4-7-12(26)16(10)19(18)29/h4,6-7,9,11,15,17-18,20,26,33H,3,5,8H2,1-2H3,(H2,25,32)/t9-,11+,15+,17?,18?,20+,24+/m0/s1. The van der Waals surface area contributed by atoms with Crippen molar-refractivity contribution in [2.24, 2.45) is 29.4 Å². The maximum atomic E-state index is 13.7. The molecule has 0 aliphatic heterocycles. The normalized spacial score (nSPS) is 34.7. The first kappa shape index (κ1) is 23.7. The van der Waals surface area contributed by atoms with E-state index >= 15 is 0 Å². The van der Waals surface area contributed by atoms with E-state index in [-0.39, 0.29) is 17.7 Å². The van der Waals surface area contributed by atoms with Crippen LogP contribution in [0.2, 0.25) is 0 Å². The Kier molecular flexibility index (Phi) is 5.67. The molecule has 4 rings (SSSR count). The molecule has 0 radical (unpaired) electrons. The van der Waals surface area contributed by atoms with E-state index in [0.29, 0.717) is 12.0 Å². The van der Waals surface area contributed by atoms with Crippen LogP contribution in [-0.4, -0.2) is 56.9 Å². The number of phenols is 1. The summed E-state index contributed by atoms with van der Waals surface area (Å²) in [7, 11) is 0. The molecule has 0 heterocycles. The molecule has 0 saturated heterocycles. The molecule has 180 valence electrons. The summed E-state index contributed by atoms with van der Waals surface area (Å²) in [4.78, 5) is 77.3. The Morgan fingerprint density at radius 2 is 1.85 bits per heavy atom. The summed E-state index contributed by atoms with van der Waals surface area (Å²) in [5.41, 5.74) is 2.58. The molecular formula is C24H25NO9. The van der Waals surface area contributed by atoms with Crippen molar-refractivity contribution in [2.45, 2.75) is 50.7 Å².